The molecule has 4 heterocycles. The van der Waals surface area contributed by atoms with Crippen molar-refractivity contribution in [3.8, 4) is 11.3 Å². The molecule has 0 radical (unpaired) electrons. The van der Waals surface area contributed by atoms with Crippen LogP contribution in [0.3, 0.4) is 0 Å². The molecule has 1 aliphatic rings. The first-order valence-electron chi connectivity index (χ1n) is 11.4. The summed E-state index contributed by atoms with van der Waals surface area (Å²) >= 11 is 0. The number of furan rings is 1. The van der Waals surface area contributed by atoms with Gasteiger partial charge >= 0.3 is 0 Å². The molecular formula is C26H23N5O3. The first-order valence-corrected chi connectivity index (χ1v) is 11.4. The average Bonchev–Trinajstić information content (AvgIpc) is 3.46. The van der Waals surface area contributed by atoms with E-state index < -0.39 is 0 Å². The van der Waals surface area contributed by atoms with Crippen molar-refractivity contribution in [2.24, 2.45) is 0 Å². The smallest absolute Gasteiger partial charge is 0.258 e. The molecule has 2 N–H and O–H groups in total. The Morgan fingerprint density at radius 3 is 2.76 bits per heavy atom. The van der Waals surface area contributed by atoms with Crippen molar-refractivity contribution in [2.75, 3.05) is 5.32 Å². The van der Waals surface area contributed by atoms with Crippen LogP contribution in [0.5, 0.6) is 0 Å². The Morgan fingerprint density at radius 2 is 1.88 bits per heavy atom. The molecular weight excluding hydrogens is 430 g/mol. The number of aliphatic hydroxyl groups is 1. The third-order valence-corrected chi connectivity index (χ3v) is 6.48. The number of fused-ring (bicyclic) bond motifs is 2. The van der Waals surface area contributed by atoms with Gasteiger partial charge in [-0.05, 0) is 62.1 Å². The molecule has 1 saturated carbocycles. The van der Waals surface area contributed by atoms with Gasteiger partial charge in [0.15, 0.2) is 5.58 Å². The van der Waals surface area contributed by atoms with E-state index >= 15 is 0 Å². The molecule has 170 valence electrons. The number of benzene rings is 1. The predicted molar refractivity (Wildman–Crippen MR) is 128 cm³/mol. The molecule has 6 rings (SSSR count). The van der Waals surface area contributed by atoms with Crippen LogP contribution in [0.1, 0.15) is 42.1 Å². The summed E-state index contributed by atoms with van der Waals surface area (Å²) in [6, 6.07) is 15.1. The van der Waals surface area contributed by atoms with Crippen LogP contribution in [0, 0.1) is 0 Å². The topological polar surface area (TPSA) is 106 Å². The minimum absolute atomic E-state index is 0.169. The van der Waals surface area contributed by atoms with Gasteiger partial charge in [-0.1, -0.05) is 12.1 Å². The molecule has 0 saturated heterocycles. The van der Waals surface area contributed by atoms with Gasteiger partial charge in [0, 0.05) is 24.0 Å². The Labute approximate surface area is 195 Å². The second kappa shape index (κ2) is 8.39. The fraction of sp³-hybridized carbons (Fsp3) is 0.231. The zero-order valence-corrected chi connectivity index (χ0v) is 18.4. The summed E-state index contributed by atoms with van der Waals surface area (Å²) in [5, 5.41) is 13.0. The van der Waals surface area contributed by atoms with Crippen LogP contribution < -0.4 is 5.32 Å². The molecule has 0 bridgehead atoms. The Kier molecular flexibility index (Phi) is 5.07. The number of carbonyl (C=O) groups excluding carboxylic acids is 1. The molecule has 8 nitrogen and oxygen atoms in total. The lowest BCUT2D eigenvalue weighted by molar-refractivity contribution is 0.102. The highest BCUT2D eigenvalue weighted by molar-refractivity contribution is 6.05. The summed E-state index contributed by atoms with van der Waals surface area (Å²) in [5.74, 6) is 0.248. The summed E-state index contributed by atoms with van der Waals surface area (Å²) in [4.78, 5) is 26.8. The first kappa shape index (κ1) is 20.6. The van der Waals surface area contributed by atoms with Gasteiger partial charge in [-0.2, -0.15) is 0 Å². The molecule has 1 aliphatic carbocycles. The van der Waals surface area contributed by atoms with Gasteiger partial charge in [0.2, 0.25) is 5.95 Å². The lowest BCUT2D eigenvalue weighted by Crippen LogP contribution is -2.23. The maximum atomic E-state index is 13.3. The quantitative estimate of drug-likeness (QED) is 0.398. The maximum Gasteiger partial charge on any atom is 0.258 e. The van der Waals surface area contributed by atoms with E-state index in [-0.39, 0.29) is 18.1 Å². The molecule has 0 unspecified atom stereocenters. The summed E-state index contributed by atoms with van der Waals surface area (Å²) in [5.41, 5.74) is 4.99. The number of anilines is 1. The molecule has 1 fully saturated rings. The van der Waals surface area contributed by atoms with E-state index in [1.54, 1.807) is 30.8 Å². The number of carbonyl (C=O) groups is 1. The molecule has 8 heteroatoms. The summed E-state index contributed by atoms with van der Waals surface area (Å²) in [6.07, 6.45) is 7.82. The van der Waals surface area contributed by atoms with E-state index in [4.69, 9.17) is 9.40 Å². The number of pyridine rings is 2. The molecule has 1 aromatic carbocycles. The number of hydrogen-bond acceptors (Lipinski definition) is 6. The van der Waals surface area contributed by atoms with Gasteiger partial charge in [-0.3, -0.25) is 20.1 Å². The minimum Gasteiger partial charge on any atom is -0.462 e. The monoisotopic (exact) mass is 453 g/mol. The maximum absolute atomic E-state index is 13.3. The van der Waals surface area contributed by atoms with Crippen molar-refractivity contribution >= 4 is 34.0 Å². The number of nitrogens with one attached hydrogen (secondary N) is 1. The molecule has 0 spiro atoms. The highest BCUT2D eigenvalue weighted by Gasteiger charge is 2.26. The summed E-state index contributed by atoms with van der Waals surface area (Å²) in [6.45, 7) is 0. The van der Waals surface area contributed by atoms with Crippen molar-refractivity contribution in [1.29, 1.82) is 0 Å². The van der Waals surface area contributed by atoms with Crippen molar-refractivity contribution in [3.05, 3.63) is 72.8 Å². The average molecular weight is 454 g/mol. The highest BCUT2D eigenvalue weighted by Crippen LogP contribution is 2.35. The van der Waals surface area contributed by atoms with Gasteiger partial charge in [-0.15, -0.1) is 0 Å². The van der Waals surface area contributed by atoms with E-state index in [1.807, 2.05) is 36.4 Å². The van der Waals surface area contributed by atoms with Crippen molar-refractivity contribution in [1.82, 2.24) is 19.5 Å². The van der Waals surface area contributed by atoms with Crippen LogP contribution in [0.2, 0.25) is 0 Å². The van der Waals surface area contributed by atoms with Crippen molar-refractivity contribution in [3.63, 3.8) is 0 Å². The standard InChI is InChI=1S/C26H23N5O3/c32-18-9-7-17(8-10-18)31-22-5-2-1-4-20(22)29-26(31)30-25(33)16-11-13-27-21(14-16)19-15-34-23-6-3-12-28-24(19)23/h1-6,11-15,17-18,32H,7-10H2,(H,29,30,33). The molecule has 4 aromatic heterocycles. The third kappa shape index (κ3) is 3.62. The zero-order chi connectivity index (χ0) is 23.1. The number of hydrogen-bond donors (Lipinski definition) is 2. The largest absolute Gasteiger partial charge is 0.462 e. The number of para-hydroxylation sites is 2. The lowest BCUT2D eigenvalue weighted by atomic mass is 9.93. The van der Waals surface area contributed by atoms with E-state index in [0.29, 0.717) is 28.3 Å². The Bertz CT molecular complexity index is 1500. The molecule has 34 heavy (non-hydrogen) atoms. The highest BCUT2D eigenvalue weighted by atomic mass is 16.3. The number of amides is 1. The first-order chi connectivity index (χ1) is 16.7. The second-order valence-corrected chi connectivity index (χ2v) is 8.64. The Morgan fingerprint density at radius 1 is 1.03 bits per heavy atom. The predicted octanol–water partition coefficient (Wildman–Crippen LogP) is 4.97. The Balaban J connectivity index is 1.34. The number of rotatable bonds is 4. The fourth-order valence-corrected chi connectivity index (χ4v) is 4.76. The number of nitrogens with zero attached hydrogens (tertiary/aromatic N) is 4. The van der Waals surface area contributed by atoms with E-state index in [2.05, 4.69) is 19.9 Å². The van der Waals surface area contributed by atoms with Crippen LogP contribution in [0.4, 0.5) is 5.95 Å². The minimum atomic E-state index is -0.267. The lowest BCUT2D eigenvalue weighted by Gasteiger charge is -2.28. The Hall–Kier alpha value is -4.04. The van der Waals surface area contributed by atoms with Crippen LogP contribution >= 0.6 is 0 Å². The zero-order valence-electron chi connectivity index (χ0n) is 18.4. The SMILES string of the molecule is O=C(Nc1nc2ccccc2n1C1CCC(O)CC1)c1ccnc(-c2coc3cccnc23)c1. The van der Waals surface area contributed by atoms with Crippen LogP contribution in [-0.4, -0.2) is 36.6 Å². The van der Waals surface area contributed by atoms with Crippen LogP contribution in [0.25, 0.3) is 33.4 Å². The van der Waals surface area contributed by atoms with Gasteiger partial charge < -0.3 is 14.1 Å². The molecule has 1 amide bonds. The van der Waals surface area contributed by atoms with Crippen molar-refractivity contribution in [2.45, 2.75) is 37.8 Å². The molecule has 5 aromatic rings. The second-order valence-electron chi connectivity index (χ2n) is 8.64. The number of aliphatic hydroxyl groups excluding tert-OH is 1. The number of imidazole rings is 1. The summed E-state index contributed by atoms with van der Waals surface area (Å²) < 4.78 is 7.70. The van der Waals surface area contributed by atoms with Crippen LogP contribution in [0.15, 0.2) is 71.6 Å². The van der Waals surface area contributed by atoms with E-state index in [1.165, 1.54) is 0 Å². The fourth-order valence-electron chi connectivity index (χ4n) is 4.76. The van der Waals surface area contributed by atoms with Gasteiger partial charge in [-0.25, -0.2) is 4.98 Å². The molecule has 0 atom stereocenters. The van der Waals surface area contributed by atoms with E-state index in [9.17, 15) is 9.90 Å². The van der Waals surface area contributed by atoms with Crippen LogP contribution in [-0.2, 0) is 0 Å². The third-order valence-electron chi connectivity index (χ3n) is 6.48. The molecule has 0 aliphatic heterocycles. The normalized spacial score (nSPS) is 18.4. The van der Waals surface area contributed by atoms with Crippen molar-refractivity contribution < 1.29 is 14.3 Å². The summed E-state index contributed by atoms with van der Waals surface area (Å²) in [7, 11) is 0. The number of aromatic nitrogens is 4. The van der Waals surface area contributed by atoms with Gasteiger partial charge in [0.05, 0.1) is 28.4 Å². The van der Waals surface area contributed by atoms with Gasteiger partial charge in [0.1, 0.15) is 11.8 Å². The van der Waals surface area contributed by atoms with Gasteiger partial charge in [0.25, 0.3) is 5.91 Å². The van der Waals surface area contributed by atoms with E-state index in [0.717, 1.165) is 42.3 Å².